The third-order valence-corrected chi connectivity index (χ3v) is 16.8. The van der Waals surface area contributed by atoms with Gasteiger partial charge in [-0.25, -0.2) is 9.13 Å². The van der Waals surface area contributed by atoms with Crippen LogP contribution in [0.5, 0.6) is 0 Å². The van der Waals surface area contributed by atoms with Crippen LogP contribution < -0.4 is 0 Å². The van der Waals surface area contributed by atoms with Gasteiger partial charge in [-0.1, -0.05) is 267 Å². The van der Waals surface area contributed by atoms with E-state index < -0.39 is 97.5 Å². The first-order chi connectivity index (χ1) is 40.2. The van der Waals surface area contributed by atoms with Gasteiger partial charge in [-0.2, -0.15) is 0 Å². The average molecular weight is 1240 g/mol. The first-order valence-electron chi connectivity index (χ1n) is 33.8. The Kier molecular flexibility index (Phi) is 55.0. The molecule has 0 aromatic heterocycles. The first-order valence-corrected chi connectivity index (χ1v) is 36.8. The summed E-state index contributed by atoms with van der Waals surface area (Å²) in [4.78, 5) is 72.2. The topological polar surface area (TPSA) is 237 Å². The Morgan fingerprint density at radius 3 is 0.810 bits per heavy atom. The van der Waals surface area contributed by atoms with Crippen molar-refractivity contribution in [3.63, 3.8) is 0 Å². The molecule has 0 aromatic carbocycles. The highest BCUT2D eigenvalue weighted by molar-refractivity contribution is 7.47. The summed E-state index contributed by atoms with van der Waals surface area (Å²) in [6.45, 7) is 11.7. The predicted molar refractivity (Wildman–Crippen MR) is 335 cm³/mol. The molecule has 0 radical (unpaired) electrons. The van der Waals surface area contributed by atoms with E-state index in [-0.39, 0.29) is 25.7 Å². The summed E-state index contributed by atoms with van der Waals surface area (Å²) in [7, 11) is -9.89. The normalized spacial score (nSPS) is 14.3. The molecule has 17 nitrogen and oxygen atoms in total. The van der Waals surface area contributed by atoms with Gasteiger partial charge in [0.25, 0.3) is 0 Å². The molecule has 0 aromatic rings. The Hall–Kier alpha value is -1.94. The molecule has 0 aliphatic heterocycles. The number of hydrogen-bond acceptors (Lipinski definition) is 15. The van der Waals surface area contributed by atoms with Crippen molar-refractivity contribution in [2.24, 2.45) is 17.8 Å². The minimum Gasteiger partial charge on any atom is -0.462 e. The van der Waals surface area contributed by atoms with Crippen LogP contribution in [0.15, 0.2) is 0 Å². The van der Waals surface area contributed by atoms with E-state index in [4.69, 9.17) is 37.0 Å². The molecule has 0 saturated carbocycles. The fourth-order valence-corrected chi connectivity index (χ4v) is 11.2. The third kappa shape index (κ3) is 59.0. The van der Waals surface area contributed by atoms with Crippen LogP contribution in [0.3, 0.4) is 0 Å². The Balaban J connectivity index is 5.24. The van der Waals surface area contributed by atoms with Gasteiger partial charge in [-0.15, -0.1) is 0 Å². The van der Waals surface area contributed by atoms with Crippen molar-refractivity contribution in [2.75, 3.05) is 39.6 Å². The van der Waals surface area contributed by atoms with E-state index in [2.05, 4.69) is 48.5 Å². The molecule has 3 N–H and O–H groups in total. The third-order valence-electron chi connectivity index (χ3n) is 14.9. The zero-order valence-electron chi connectivity index (χ0n) is 54.4. The summed E-state index contributed by atoms with van der Waals surface area (Å²) in [5.74, 6) is 0.0414. The van der Waals surface area contributed by atoms with Crippen molar-refractivity contribution in [2.45, 2.75) is 336 Å². The standard InChI is InChI=1S/C65H126O17P2/c1-8-9-10-11-12-17-24-32-39-46-62(67)75-53-61(82-65(70)49-42-35-28-27-31-38-45-58(6)7)55-80-84(73,74)78-51-59(66)50-77-83(71,72)79-54-60(81-64(69)48-41-34-26-21-16-14-19-23-30-37-44-57(4)5)52-76-63(68)47-40-33-25-20-15-13-18-22-29-36-43-56(2)3/h56-61,66H,8-55H2,1-7H3,(H,71,72)(H,73,74)/t59-,60-,61-/m1/s1. The lowest BCUT2D eigenvalue weighted by Crippen LogP contribution is -2.30. The maximum absolute atomic E-state index is 13.0. The molecule has 498 valence electrons. The molecule has 0 bridgehead atoms. The van der Waals surface area contributed by atoms with Crippen molar-refractivity contribution in [1.82, 2.24) is 0 Å². The molecule has 2 unspecified atom stereocenters. The lowest BCUT2D eigenvalue weighted by molar-refractivity contribution is -0.161. The number of carbonyl (C=O) groups is 4. The molecule has 0 aliphatic rings. The summed E-state index contributed by atoms with van der Waals surface area (Å²) < 4.78 is 68.0. The summed E-state index contributed by atoms with van der Waals surface area (Å²) in [6, 6.07) is 0. The molecular formula is C65H126O17P2. The van der Waals surface area contributed by atoms with E-state index in [1.165, 1.54) is 128 Å². The van der Waals surface area contributed by atoms with Crippen LogP contribution in [0.4, 0.5) is 0 Å². The lowest BCUT2D eigenvalue weighted by Gasteiger charge is -2.21. The second kappa shape index (κ2) is 56.3. The van der Waals surface area contributed by atoms with Crippen LogP contribution in [-0.2, 0) is 65.4 Å². The van der Waals surface area contributed by atoms with Crippen LogP contribution >= 0.6 is 15.6 Å². The SMILES string of the molecule is CCCCCCCCCCCC(=O)OC[C@H](COP(=O)(O)OC[C@H](O)COP(=O)(O)OC[C@@H](COC(=O)CCCCCCCCCCCCC(C)C)OC(=O)CCCCCCCCCCCCC(C)C)OC(=O)CCCCCCCCC(C)C. The quantitative estimate of drug-likeness (QED) is 0.0222. The maximum Gasteiger partial charge on any atom is 0.472 e. The average Bonchev–Trinajstić information content (AvgIpc) is 3.56. The molecule has 5 atom stereocenters. The molecule has 0 amide bonds. The zero-order valence-corrected chi connectivity index (χ0v) is 56.1. The second-order valence-corrected chi connectivity index (χ2v) is 27.8. The molecule has 84 heavy (non-hydrogen) atoms. The van der Waals surface area contributed by atoms with Gasteiger partial charge in [-0.3, -0.25) is 37.3 Å². The van der Waals surface area contributed by atoms with E-state index >= 15 is 0 Å². The van der Waals surface area contributed by atoms with E-state index in [0.29, 0.717) is 31.6 Å². The fraction of sp³-hybridized carbons (Fsp3) is 0.938. The number of rotatable bonds is 63. The van der Waals surface area contributed by atoms with Gasteiger partial charge in [0.05, 0.1) is 26.4 Å². The summed E-state index contributed by atoms with van der Waals surface area (Å²) >= 11 is 0. The van der Waals surface area contributed by atoms with E-state index in [1.54, 1.807) is 0 Å². The van der Waals surface area contributed by atoms with E-state index in [9.17, 15) is 43.2 Å². The molecule has 0 saturated heterocycles. The Labute approximate surface area is 511 Å². The molecule has 0 rings (SSSR count). The summed E-state index contributed by atoms with van der Waals surface area (Å²) in [6.07, 6.45) is 37.7. The van der Waals surface area contributed by atoms with Crippen LogP contribution in [0.2, 0.25) is 0 Å². The number of hydrogen-bond donors (Lipinski definition) is 3. The predicted octanol–water partition coefficient (Wildman–Crippen LogP) is 17.9. The number of aliphatic hydroxyl groups is 1. The van der Waals surface area contributed by atoms with Crippen LogP contribution in [-0.4, -0.2) is 96.7 Å². The number of esters is 4. The smallest absolute Gasteiger partial charge is 0.462 e. The minimum atomic E-state index is -4.95. The Morgan fingerprint density at radius 2 is 0.548 bits per heavy atom. The highest BCUT2D eigenvalue weighted by Gasteiger charge is 2.30. The van der Waals surface area contributed by atoms with Gasteiger partial charge >= 0.3 is 39.5 Å². The fourth-order valence-electron chi connectivity index (χ4n) is 9.66. The number of carbonyl (C=O) groups excluding carboxylic acids is 4. The van der Waals surface area contributed by atoms with Crippen molar-refractivity contribution in [3.05, 3.63) is 0 Å². The van der Waals surface area contributed by atoms with Crippen LogP contribution in [0, 0.1) is 17.8 Å². The highest BCUT2D eigenvalue weighted by Crippen LogP contribution is 2.45. The molecule has 0 heterocycles. The maximum atomic E-state index is 13.0. The zero-order chi connectivity index (χ0) is 62.4. The van der Waals surface area contributed by atoms with Crippen molar-refractivity contribution >= 4 is 39.5 Å². The second-order valence-electron chi connectivity index (χ2n) is 24.9. The first kappa shape index (κ1) is 82.1. The monoisotopic (exact) mass is 1240 g/mol. The number of ether oxygens (including phenoxy) is 4. The number of phosphoric acid groups is 2. The van der Waals surface area contributed by atoms with Gasteiger partial charge in [0.15, 0.2) is 12.2 Å². The van der Waals surface area contributed by atoms with Crippen LogP contribution in [0.25, 0.3) is 0 Å². The number of phosphoric ester groups is 2. The van der Waals surface area contributed by atoms with Gasteiger partial charge in [0.2, 0.25) is 0 Å². The highest BCUT2D eigenvalue weighted by atomic mass is 31.2. The number of unbranched alkanes of at least 4 members (excludes halogenated alkanes) is 31. The molecule has 0 spiro atoms. The summed E-state index contributed by atoms with van der Waals surface area (Å²) in [5.41, 5.74) is 0. The van der Waals surface area contributed by atoms with Crippen LogP contribution in [0.1, 0.15) is 318 Å². The largest absolute Gasteiger partial charge is 0.472 e. The van der Waals surface area contributed by atoms with Crippen molar-refractivity contribution in [3.8, 4) is 0 Å². The molecular weight excluding hydrogens is 1110 g/mol. The summed E-state index contributed by atoms with van der Waals surface area (Å²) in [5, 5.41) is 10.5. The lowest BCUT2D eigenvalue weighted by atomic mass is 10.0. The van der Waals surface area contributed by atoms with E-state index in [1.807, 2.05) is 0 Å². The molecule has 0 aliphatic carbocycles. The van der Waals surface area contributed by atoms with Crippen molar-refractivity contribution < 1.29 is 80.2 Å². The van der Waals surface area contributed by atoms with E-state index in [0.717, 1.165) is 102 Å². The van der Waals surface area contributed by atoms with Gasteiger partial charge in [0, 0.05) is 25.7 Å². The number of aliphatic hydroxyl groups excluding tert-OH is 1. The molecule has 19 heteroatoms. The van der Waals surface area contributed by atoms with Gasteiger partial charge in [-0.05, 0) is 43.4 Å². The Bertz CT molecular complexity index is 1660. The van der Waals surface area contributed by atoms with Crippen molar-refractivity contribution in [1.29, 1.82) is 0 Å². The minimum absolute atomic E-state index is 0.102. The van der Waals surface area contributed by atoms with Gasteiger partial charge in [0.1, 0.15) is 19.3 Å². The Morgan fingerprint density at radius 1 is 0.321 bits per heavy atom. The van der Waals surface area contributed by atoms with Gasteiger partial charge < -0.3 is 33.8 Å². The molecule has 0 fully saturated rings.